The second kappa shape index (κ2) is 7.10. The van der Waals surface area contributed by atoms with Crippen LogP contribution in [0.15, 0.2) is 18.2 Å². The predicted octanol–water partition coefficient (Wildman–Crippen LogP) is 3.75. The molecule has 1 aromatic carbocycles. The Labute approximate surface area is 109 Å². The molecule has 0 aliphatic rings. The molecular weight excluding hydrogens is 224 g/mol. The summed E-state index contributed by atoms with van der Waals surface area (Å²) in [5, 5.41) is 0. The molecule has 0 aliphatic carbocycles. The summed E-state index contributed by atoms with van der Waals surface area (Å²) in [5.41, 5.74) is 3.02. The van der Waals surface area contributed by atoms with Crippen molar-refractivity contribution in [2.45, 2.75) is 52.9 Å². The lowest BCUT2D eigenvalue weighted by Crippen LogP contribution is -2.08. The first-order chi connectivity index (χ1) is 8.60. The Kier molecular flexibility index (Phi) is 5.76. The van der Waals surface area contributed by atoms with Crippen LogP contribution in [0.2, 0.25) is 0 Å². The summed E-state index contributed by atoms with van der Waals surface area (Å²) in [6.45, 7) is 6.10. The molecule has 18 heavy (non-hydrogen) atoms. The van der Waals surface area contributed by atoms with Gasteiger partial charge in [0.05, 0.1) is 6.42 Å². The SMILES string of the molecule is CCCC(=O)CC(=O)c1cc(CC)cc(CC)c1. The van der Waals surface area contributed by atoms with Crippen molar-refractivity contribution in [2.75, 3.05) is 0 Å². The van der Waals surface area contributed by atoms with E-state index in [0.717, 1.165) is 19.3 Å². The van der Waals surface area contributed by atoms with Crippen molar-refractivity contribution < 1.29 is 9.59 Å². The van der Waals surface area contributed by atoms with Crippen molar-refractivity contribution in [3.05, 3.63) is 34.9 Å². The summed E-state index contributed by atoms with van der Waals surface area (Å²) in [5.74, 6) is 0.000833. The van der Waals surface area contributed by atoms with Gasteiger partial charge in [-0.25, -0.2) is 0 Å². The summed E-state index contributed by atoms with van der Waals surface area (Å²) < 4.78 is 0. The minimum absolute atomic E-state index is 0.0431. The van der Waals surface area contributed by atoms with E-state index < -0.39 is 0 Å². The van der Waals surface area contributed by atoms with E-state index in [2.05, 4.69) is 19.9 Å². The third kappa shape index (κ3) is 4.10. The fraction of sp³-hybridized carbons (Fsp3) is 0.500. The molecule has 0 spiro atoms. The Hall–Kier alpha value is -1.44. The highest BCUT2D eigenvalue weighted by molar-refractivity contribution is 6.08. The summed E-state index contributed by atoms with van der Waals surface area (Å²) in [6.07, 6.45) is 3.18. The Morgan fingerprint density at radius 3 is 1.94 bits per heavy atom. The predicted molar refractivity (Wildman–Crippen MR) is 74.1 cm³/mol. The molecule has 0 fully saturated rings. The van der Waals surface area contributed by atoms with E-state index in [1.807, 2.05) is 19.1 Å². The lowest BCUT2D eigenvalue weighted by atomic mass is 9.97. The van der Waals surface area contributed by atoms with E-state index in [9.17, 15) is 9.59 Å². The first-order valence-electron chi connectivity index (χ1n) is 6.78. The highest BCUT2D eigenvalue weighted by Gasteiger charge is 2.12. The Morgan fingerprint density at radius 2 is 1.50 bits per heavy atom. The first-order valence-corrected chi connectivity index (χ1v) is 6.78. The monoisotopic (exact) mass is 246 g/mol. The molecule has 1 aromatic rings. The molecular formula is C16H22O2. The zero-order valence-corrected chi connectivity index (χ0v) is 11.6. The van der Waals surface area contributed by atoms with Gasteiger partial charge in [-0.3, -0.25) is 9.59 Å². The normalized spacial score (nSPS) is 10.4. The van der Waals surface area contributed by atoms with Crippen LogP contribution in [0.3, 0.4) is 0 Å². The smallest absolute Gasteiger partial charge is 0.170 e. The zero-order valence-electron chi connectivity index (χ0n) is 11.6. The first kappa shape index (κ1) is 14.6. The molecule has 0 N–H and O–H groups in total. The van der Waals surface area contributed by atoms with E-state index in [1.54, 1.807) is 0 Å². The van der Waals surface area contributed by atoms with Crippen LogP contribution in [-0.4, -0.2) is 11.6 Å². The van der Waals surface area contributed by atoms with Gasteiger partial charge in [0.1, 0.15) is 5.78 Å². The number of benzene rings is 1. The highest BCUT2D eigenvalue weighted by atomic mass is 16.1. The molecule has 2 nitrogen and oxygen atoms in total. The zero-order chi connectivity index (χ0) is 13.5. The molecule has 0 saturated carbocycles. The van der Waals surface area contributed by atoms with E-state index >= 15 is 0 Å². The van der Waals surface area contributed by atoms with Gasteiger partial charge in [-0.1, -0.05) is 26.8 Å². The molecule has 0 unspecified atom stereocenters. The second-order valence-corrected chi connectivity index (χ2v) is 4.63. The molecule has 0 aromatic heterocycles. The van der Waals surface area contributed by atoms with Crippen molar-refractivity contribution in [3.63, 3.8) is 0 Å². The van der Waals surface area contributed by atoms with Gasteiger partial charge in [0, 0.05) is 12.0 Å². The summed E-state index contributed by atoms with van der Waals surface area (Å²) in [4.78, 5) is 23.6. The molecule has 0 bridgehead atoms. The van der Waals surface area contributed by atoms with Crippen LogP contribution in [0.25, 0.3) is 0 Å². The summed E-state index contributed by atoms with van der Waals surface area (Å²) in [6, 6.07) is 5.96. The lowest BCUT2D eigenvalue weighted by molar-refractivity contribution is -0.118. The standard InChI is InChI=1S/C16H22O2/c1-4-7-15(17)11-16(18)14-9-12(5-2)8-13(6-3)10-14/h8-10H,4-7,11H2,1-3H3. The molecule has 0 amide bonds. The molecule has 1 rings (SSSR count). The van der Waals surface area contributed by atoms with Crippen LogP contribution >= 0.6 is 0 Å². The lowest BCUT2D eigenvalue weighted by Gasteiger charge is -2.06. The molecule has 98 valence electrons. The topological polar surface area (TPSA) is 34.1 Å². The molecule has 0 radical (unpaired) electrons. The van der Waals surface area contributed by atoms with Crippen LogP contribution in [0, 0.1) is 0 Å². The van der Waals surface area contributed by atoms with Crippen LogP contribution in [0.5, 0.6) is 0 Å². The van der Waals surface area contributed by atoms with Gasteiger partial charge in [-0.15, -0.1) is 0 Å². The fourth-order valence-electron chi connectivity index (χ4n) is 1.98. The fourth-order valence-corrected chi connectivity index (χ4v) is 1.98. The van der Waals surface area contributed by atoms with Gasteiger partial charge in [0.25, 0.3) is 0 Å². The number of carbonyl (C=O) groups excluding carboxylic acids is 2. The molecule has 0 saturated heterocycles. The van der Waals surface area contributed by atoms with Gasteiger partial charge < -0.3 is 0 Å². The maximum atomic E-state index is 12.0. The third-order valence-corrected chi connectivity index (χ3v) is 3.08. The number of Topliss-reactive ketones (excluding diaryl/α,β-unsaturated/α-hetero) is 2. The Morgan fingerprint density at radius 1 is 0.944 bits per heavy atom. The Balaban J connectivity index is 2.87. The third-order valence-electron chi connectivity index (χ3n) is 3.08. The summed E-state index contributed by atoms with van der Waals surface area (Å²) >= 11 is 0. The largest absolute Gasteiger partial charge is 0.299 e. The van der Waals surface area contributed by atoms with E-state index in [0.29, 0.717) is 12.0 Å². The van der Waals surface area contributed by atoms with Gasteiger partial charge in [-0.05, 0) is 42.5 Å². The molecule has 0 heterocycles. The average Bonchev–Trinajstić information content (AvgIpc) is 2.38. The van der Waals surface area contributed by atoms with Gasteiger partial charge in [-0.2, -0.15) is 0 Å². The van der Waals surface area contributed by atoms with Crippen molar-refractivity contribution in [1.29, 1.82) is 0 Å². The molecule has 0 atom stereocenters. The van der Waals surface area contributed by atoms with Crippen LogP contribution in [-0.2, 0) is 17.6 Å². The van der Waals surface area contributed by atoms with Gasteiger partial charge in [0.2, 0.25) is 0 Å². The molecule has 0 aliphatic heterocycles. The van der Waals surface area contributed by atoms with Crippen LogP contribution in [0.1, 0.15) is 61.5 Å². The Bertz CT molecular complexity index is 410. The van der Waals surface area contributed by atoms with E-state index in [-0.39, 0.29) is 18.0 Å². The van der Waals surface area contributed by atoms with Crippen LogP contribution < -0.4 is 0 Å². The van der Waals surface area contributed by atoms with E-state index in [1.165, 1.54) is 11.1 Å². The number of ketones is 2. The summed E-state index contributed by atoms with van der Waals surface area (Å²) in [7, 11) is 0. The number of hydrogen-bond acceptors (Lipinski definition) is 2. The minimum Gasteiger partial charge on any atom is -0.299 e. The van der Waals surface area contributed by atoms with Crippen molar-refractivity contribution >= 4 is 11.6 Å². The van der Waals surface area contributed by atoms with Crippen molar-refractivity contribution in [2.24, 2.45) is 0 Å². The van der Waals surface area contributed by atoms with Crippen molar-refractivity contribution in [3.8, 4) is 0 Å². The van der Waals surface area contributed by atoms with Crippen molar-refractivity contribution in [1.82, 2.24) is 0 Å². The number of rotatable bonds is 7. The van der Waals surface area contributed by atoms with Gasteiger partial charge >= 0.3 is 0 Å². The molecule has 2 heteroatoms. The minimum atomic E-state index is -0.0431. The van der Waals surface area contributed by atoms with Crippen LogP contribution in [0.4, 0.5) is 0 Å². The van der Waals surface area contributed by atoms with Gasteiger partial charge in [0.15, 0.2) is 5.78 Å². The number of carbonyl (C=O) groups is 2. The number of hydrogen-bond donors (Lipinski definition) is 0. The maximum absolute atomic E-state index is 12.0. The van der Waals surface area contributed by atoms with E-state index in [4.69, 9.17) is 0 Å². The maximum Gasteiger partial charge on any atom is 0.170 e. The number of aryl methyl sites for hydroxylation is 2. The quantitative estimate of drug-likeness (QED) is 0.542. The second-order valence-electron chi connectivity index (χ2n) is 4.63. The average molecular weight is 246 g/mol. The highest BCUT2D eigenvalue weighted by Crippen LogP contribution is 2.14.